The third-order valence-corrected chi connectivity index (χ3v) is 3.63. The van der Waals surface area contributed by atoms with Crippen molar-refractivity contribution in [3.05, 3.63) is 46.6 Å². The third-order valence-electron chi connectivity index (χ3n) is 3.63. The molecule has 0 radical (unpaired) electrons. The van der Waals surface area contributed by atoms with Gasteiger partial charge in [-0.1, -0.05) is 0 Å². The fourth-order valence-corrected chi connectivity index (χ4v) is 2.39. The van der Waals surface area contributed by atoms with Crippen molar-refractivity contribution in [1.29, 1.82) is 0 Å². The van der Waals surface area contributed by atoms with E-state index >= 15 is 0 Å². The zero-order chi connectivity index (χ0) is 14.3. The van der Waals surface area contributed by atoms with E-state index in [1.165, 1.54) is 10.6 Å². The highest BCUT2D eigenvalue weighted by Gasteiger charge is 2.44. The van der Waals surface area contributed by atoms with E-state index in [9.17, 15) is 9.59 Å². The minimum Gasteiger partial charge on any atom is -0.325 e. The number of amides is 1. The van der Waals surface area contributed by atoms with Gasteiger partial charge in [-0.2, -0.15) is 5.10 Å². The van der Waals surface area contributed by atoms with E-state index in [0.717, 1.165) is 12.0 Å². The second kappa shape index (κ2) is 4.63. The first kappa shape index (κ1) is 12.7. The van der Waals surface area contributed by atoms with Crippen LogP contribution in [0.15, 0.2) is 35.5 Å². The molecule has 0 unspecified atom stereocenters. The molecule has 2 aromatic rings. The average Bonchev–Trinajstić information content (AvgIpc) is 3.10. The van der Waals surface area contributed by atoms with Crippen molar-refractivity contribution in [3.63, 3.8) is 0 Å². The summed E-state index contributed by atoms with van der Waals surface area (Å²) in [7, 11) is 3.53. The predicted molar refractivity (Wildman–Crippen MR) is 74.4 cm³/mol. The molecule has 0 saturated heterocycles. The number of carbonyl (C=O) groups excluding carboxylic acids is 1. The van der Waals surface area contributed by atoms with Crippen molar-refractivity contribution in [2.75, 3.05) is 5.32 Å². The number of anilines is 1. The zero-order valence-corrected chi connectivity index (χ0v) is 11.4. The van der Waals surface area contributed by atoms with Crippen molar-refractivity contribution in [1.82, 2.24) is 14.3 Å². The van der Waals surface area contributed by atoms with Crippen molar-refractivity contribution in [2.24, 2.45) is 20.0 Å². The maximum atomic E-state index is 12.1. The lowest BCUT2D eigenvalue weighted by molar-refractivity contribution is -0.117. The second-order valence-electron chi connectivity index (χ2n) is 5.25. The maximum Gasteiger partial charge on any atom is 0.250 e. The normalized spacial score (nSPS) is 20.7. The van der Waals surface area contributed by atoms with Crippen LogP contribution in [0.5, 0.6) is 0 Å². The molecule has 3 rings (SSSR count). The van der Waals surface area contributed by atoms with E-state index in [1.807, 2.05) is 19.4 Å². The van der Waals surface area contributed by atoms with Crippen LogP contribution in [0.1, 0.15) is 17.9 Å². The Bertz CT molecular complexity index is 716. The predicted octanol–water partition coefficient (Wildman–Crippen LogP) is 0.861. The number of hydrogen-bond donors (Lipinski definition) is 1. The van der Waals surface area contributed by atoms with Crippen LogP contribution < -0.4 is 10.9 Å². The number of carbonyl (C=O) groups is 1. The molecule has 2 atom stereocenters. The Labute approximate surface area is 116 Å². The van der Waals surface area contributed by atoms with Gasteiger partial charge in [0.15, 0.2) is 0 Å². The summed E-state index contributed by atoms with van der Waals surface area (Å²) in [5.74, 6) is 0.255. The summed E-state index contributed by atoms with van der Waals surface area (Å²) in [5, 5.41) is 6.98. The SMILES string of the molecule is Cn1cc([C@H]2C[C@@H]2C(=O)Nc2ccc(=O)n(C)c2)cn1. The highest BCUT2D eigenvalue weighted by molar-refractivity contribution is 5.95. The molecular weight excluding hydrogens is 256 g/mol. The van der Waals surface area contributed by atoms with E-state index in [1.54, 1.807) is 24.0 Å². The summed E-state index contributed by atoms with van der Waals surface area (Å²) in [6, 6.07) is 3.07. The van der Waals surface area contributed by atoms with Gasteiger partial charge < -0.3 is 9.88 Å². The Morgan fingerprint density at radius 2 is 2.15 bits per heavy atom. The van der Waals surface area contributed by atoms with E-state index in [0.29, 0.717) is 5.69 Å². The van der Waals surface area contributed by atoms with E-state index in [2.05, 4.69) is 10.4 Å². The molecule has 1 N–H and O–H groups in total. The van der Waals surface area contributed by atoms with E-state index < -0.39 is 0 Å². The molecule has 2 heterocycles. The largest absolute Gasteiger partial charge is 0.325 e. The lowest BCUT2D eigenvalue weighted by Gasteiger charge is -2.06. The summed E-state index contributed by atoms with van der Waals surface area (Å²) in [4.78, 5) is 23.4. The topological polar surface area (TPSA) is 68.9 Å². The fourth-order valence-electron chi connectivity index (χ4n) is 2.39. The molecule has 0 aliphatic heterocycles. The lowest BCUT2D eigenvalue weighted by Crippen LogP contribution is -2.19. The first-order chi connectivity index (χ1) is 9.54. The van der Waals surface area contributed by atoms with Gasteiger partial charge in [0.2, 0.25) is 11.5 Å². The highest BCUT2D eigenvalue weighted by Crippen LogP contribution is 2.47. The number of aryl methyl sites for hydroxylation is 2. The fraction of sp³-hybridized carbons (Fsp3) is 0.357. The first-order valence-electron chi connectivity index (χ1n) is 6.50. The van der Waals surface area contributed by atoms with Crippen LogP contribution in [0.4, 0.5) is 5.69 Å². The van der Waals surface area contributed by atoms with E-state index in [-0.39, 0.29) is 23.3 Å². The summed E-state index contributed by atoms with van der Waals surface area (Å²) in [6.45, 7) is 0. The number of nitrogens with zero attached hydrogens (tertiary/aromatic N) is 3. The molecule has 0 spiro atoms. The quantitative estimate of drug-likeness (QED) is 0.901. The van der Waals surface area contributed by atoms with Gasteiger partial charge in [0.1, 0.15) is 0 Å². The van der Waals surface area contributed by atoms with Crippen LogP contribution in [-0.2, 0) is 18.9 Å². The average molecular weight is 272 g/mol. The molecule has 1 saturated carbocycles. The molecule has 1 amide bonds. The van der Waals surface area contributed by atoms with Crippen molar-refractivity contribution in [3.8, 4) is 0 Å². The number of aromatic nitrogens is 3. The van der Waals surface area contributed by atoms with Crippen molar-refractivity contribution < 1.29 is 4.79 Å². The van der Waals surface area contributed by atoms with Crippen LogP contribution in [-0.4, -0.2) is 20.3 Å². The van der Waals surface area contributed by atoms with Crippen LogP contribution in [0.25, 0.3) is 0 Å². The number of rotatable bonds is 3. The zero-order valence-electron chi connectivity index (χ0n) is 11.4. The monoisotopic (exact) mass is 272 g/mol. The summed E-state index contributed by atoms with van der Waals surface area (Å²) >= 11 is 0. The number of hydrogen-bond acceptors (Lipinski definition) is 3. The van der Waals surface area contributed by atoms with Gasteiger partial charge in [-0.05, 0) is 24.0 Å². The van der Waals surface area contributed by atoms with Crippen molar-refractivity contribution >= 4 is 11.6 Å². The van der Waals surface area contributed by atoms with Crippen LogP contribution in [0, 0.1) is 5.92 Å². The van der Waals surface area contributed by atoms with Gasteiger partial charge >= 0.3 is 0 Å². The van der Waals surface area contributed by atoms with Gasteiger partial charge in [-0.3, -0.25) is 14.3 Å². The Hall–Kier alpha value is -2.37. The molecule has 2 aromatic heterocycles. The Balaban J connectivity index is 1.66. The third kappa shape index (κ3) is 2.36. The molecule has 0 bridgehead atoms. The number of pyridine rings is 1. The Kier molecular flexibility index (Phi) is 2.93. The second-order valence-corrected chi connectivity index (χ2v) is 5.25. The maximum absolute atomic E-state index is 12.1. The minimum absolute atomic E-state index is 0.00231. The van der Waals surface area contributed by atoms with Crippen LogP contribution in [0.3, 0.4) is 0 Å². The highest BCUT2D eigenvalue weighted by atomic mass is 16.2. The Morgan fingerprint density at radius 3 is 2.80 bits per heavy atom. The molecule has 104 valence electrons. The molecule has 20 heavy (non-hydrogen) atoms. The molecule has 1 aliphatic rings. The van der Waals surface area contributed by atoms with Crippen molar-refractivity contribution in [2.45, 2.75) is 12.3 Å². The first-order valence-corrected chi connectivity index (χ1v) is 6.50. The summed E-state index contributed by atoms with van der Waals surface area (Å²) in [6.07, 6.45) is 6.24. The van der Waals surface area contributed by atoms with Gasteiger partial charge in [0.05, 0.1) is 11.9 Å². The van der Waals surface area contributed by atoms with Gasteiger partial charge in [-0.15, -0.1) is 0 Å². The molecule has 6 nitrogen and oxygen atoms in total. The van der Waals surface area contributed by atoms with Gasteiger partial charge in [-0.25, -0.2) is 0 Å². The molecule has 1 fully saturated rings. The lowest BCUT2D eigenvalue weighted by atomic mass is 10.2. The van der Waals surface area contributed by atoms with Gasteiger partial charge in [0, 0.05) is 38.5 Å². The smallest absolute Gasteiger partial charge is 0.250 e. The number of nitrogens with one attached hydrogen (secondary N) is 1. The molecule has 6 heteroatoms. The summed E-state index contributed by atoms with van der Waals surface area (Å²) in [5.41, 5.74) is 1.66. The molecule has 1 aliphatic carbocycles. The summed E-state index contributed by atoms with van der Waals surface area (Å²) < 4.78 is 3.19. The minimum atomic E-state index is -0.0948. The van der Waals surface area contributed by atoms with Gasteiger partial charge in [0.25, 0.3) is 0 Å². The molecule has 0 aromatic carbocycles. The van der Waals surface area contributed by atoms with E-state index in [4.69, 9.17) is 0 Å². The standard InChI is InChI=1S/C14H16N4O2/c1-17-8-10(3-4-13(17)19)16-14(20)12-5-11(12)9-6-15-18(2)7-9/h3-4,6-8,11-12H,5H2,1-2H3,(H,16,20)/t11-,12+/m1/s1. The Morgan fingerprint density at radius 1 is 1.35 bits per heavy atom. The van der Waals surface area contributed by atoms with Crippen LogP contribution in [0.2, 0.25) is 0 Å². The van der Waals surface area contributed by atoms with Crippen LogP contribution >= 0.6 is 0 Å². The molecular formula is C14H16N4O2.